The van der Waals surface area contributed by atoms with Crippen molar-refractivity contribution in [3.8, 4) is 11.8 Å². The minimum atomic E-state index is -9.88. The number of benzene rings is 2. The summed E-state index contributed by atoms with van der Waals surface area (Å²) in [7, 11) is -9.88. The first-order valence-corrected chi connectivity index (χ1v) is 10.5. The quantitative estimate of drug-likeness (QED) is 0.350. The number of carbonyl (C=O) groups is 1. The molecule has 0 bridgehead atoms. The number of hydrogen-bond acceptors (Lipinski definition) is 3. The van der Waals surface area contributed by atoms with Gasteiger partial charge in [0, 0.05) is 11.6 Å². The maximum atomic E-state index is 13.3. The Morgan fingerprint density at radius 3 is 2.17 bits per heavy atom. The van der Waals surface area contributed by atoms with Gasteiger partial charge in [0.05, 0.1) is 10.5 Å². The number of nitrogens with zero attached hydrogens (tertiary/aromatic N) is 1. The van der Waals surface area contributed by atoms with Crippen molar-refractivity contribution in [2.24, 2.45) is 0 Å². The summed E-state index contributed by atoms with van der Waals surface area (Å²) >= 11 is 2.94. The van der Waals surface area contributed by atoms with Crippen LogP contribution in [0.4, 0.5) is 28.2 Å². The lowest BCUT2D eigenvalue weighted by atomic mass is 10.1. The number of amides is 1. The summed E-state index contributed by atoms with van der Waals surface area (Å²) in [6.07, 6.45) is 0. The smallest absolute Gasteiger partial charge is 0.310 e. The average molecular weight is 521 g/mol. The average Bonchev–Trinajstić information content (AvgIpc) is 2.62. The lowest BCUT2D eigenvalue weighted by molar-refractivity contribution is 0.0900. The molecule has 0 fully saturated rings. The van der Waals surface area contributed by atoms with Crippen LogP contribution in [0, 0.1) is 23.0 Å². The predicted molar refractivity (Wildman–Crippen MR) is 98.9 cm³/mol. The molecular formula is C17H12BrF7N2O2S. The van der Waals surface area contributed by atoms with Crippen LogP contribution in [0.25, 0.3) is 0 Å². The number of nitrogens with one attached hydrogen (secondary N) is 1. The molecule has 1 amide bonds. The summed E-state index contributed by atoms with van der Waals surface area (Å²) in [5, 5.41) is 11.5. The molecule has 0 aliphatic carbocycles. The van der Waals surface area contributed by atoms with Crippen LogP contribution in [0.2, 0.25) is 0 Å². The largest absolute Gasteiger partial charge is 0.489 e. The molecule has 1 unspecified atom stereocenters. The van der Waals surface area contributed by atoms with Gasteiger partial charge in [0.1, 0.15) is 17.3 Å². The zero-order chi connectivity index (χ0) is 23.0. The fourth-order valence-electron chi connectivity index (χ4n) is 2.12. The van der Waals surface area contributed by atoms with Gasteiger partial charge in [0.2, 0.25) is 0 Å². The highest BCUT2D eigenvalue weighted by Crippen LogP contribution is 3.02. The van der Waals surface area contributed by atoms with Crippen molar-refractivity contribution in [2.45, 2.75) is 17.4 Å². The Morgan fingerprint density at radius 2 is 1.67 bits per heavy atom. The predicted octanol–water partition coefficient (Wildman–Crippen LogP) is 6.48. The molecule has 13 heteroatoms. The van der Waals surface area contributed by atoms with Gasteiger partial charge in [-0.3, -0.25) is 4.79 Å². The van der Waals surface area contributed by atoms with E-state index in [4.69, 9.17) is 4.74 Å². The van der Waals surface area contributed by atoms with Gasteiger partial charge in [-0.2, -0.15) is 5.26 Å². The number of halogens is 8. The second-order valence-electron chi connectivity index (χ2n) is 6.38. The lowest BCUT2D eigenvalue weighted by Gasteiger charge is -2.40. The lowest BCUT2D eigenvalue weighted by Crippen LogP contribution is -2.49. The Balaban J connectivity index is 2.16. The van der Waals surface area contributed by atoms with Crippen LogP contribution in [0.1, 0.15) is 17.3 Å². The van der Waals surface area contributed by atoms with Crippen LogP contribution in [-0.2, 0) is 0 Å². The molecule has 0 aromatic heterocycles. The van der Waals surface area contributed by atoms with E-state index in [2.05, 4.69) is 21.2 Å². The fraction of sp³-hybridized carbons (Fsp3) is 0.176. The monoisotopic (exact) mass is 520 g/mol. The fourth-order valence-corrected chi connectivity index (χ4v) is 3.20. The summed E-state index contributed by atoms with van der Waals surface area (Å²) in [5.41, 5.74) is -2.17. The summed E-state index contributed by atoms with van der Waals surface area (Å²) in [5.74, 6) is -3.59. The van der Waals surface area contributed by atoms with Crippen LogP contribution in [-0.4, -0.2) is 18.1 Å². The number of carbonyl (C=O) groups excluding carboxylic acids is 1. The molecule has 4 nitrogen and oxygen atoms in total. The highest BCUT2D eigenvalue weighted by Gasteiger charge is 2.65. The van der Waals surface area contributed by atoms with Crippen molar-refractivity contribution in [3.63, 3.8) is 0 Å². The van der Waals surface area contributed by atoms with Gasteiger partial charge in [-0.15, -0.1) is 0 Å². The molecule has 0 saturated heterocycles. The van der Waals surface area contributed by atoms with Gasteiger partial charge in [0.25, 0.3) is 5.91 Å². The first kappa shape index (κ1) is 23.8. The van der Waals surface area contributed by atoms with E-state index in [1.54, 1.807) is 6.07 Å². The summed E-state index contributed by atoms with van der Waals surface area (Å²) in [6, 6.07) is 4.40. The van der Waals surface area contributed by atoms with Gasteiger partial charge >= 0.3 is 10.2 Å². The topological polar surface area (TPSA) is 62.1 Å². The standard InChI is InChI=1S/C17H12BrF7N2O2S/c1-17(8-26,9-29-15-7-14(20)13(19)6-12(15)18)27-16(28)10-2-4-11(5-3-10)30(21,22,23,24)25/h2-7H,9H2,1H3,(H,27,28). The van der Waals surface area contributed by atoms with Crippen molar-refractivity contribution in [2.75, 3.05) is 6.61 Å². The van der Waals surface area contributed by atoms with E-state index in [1.807, 2.05) is 0 Å². The first-order chi connectivity index (χ1) is 13.4. The third-order valence-electron chi connectivity index (χ3n) is 3.69. The van der Waals surface area contributed by atoms with E-state index < -0.39 is 50.4 Å². The molecule has 2 aromatic carbocycles. The van der Waals surface area contributed by atoms with Gasteiger partial charge < -0.3 is 10.1 Å². The Bertz CT molecular complexity index is 1040. The highest BCUT2D eigenvalue weighted by molar-refractivity contribution is 9.10. The minimum absolute atomic E-state index is 0.0274. The zero-order valence-corrected chi connectivity index (χ0v) is 17.3. The van der Waals surface area contributed by atoms with E-state index in [0.717, 1.165) is 6.07 Å². The van der Waals surface area contributed by atoms with E-state index in [9.17, 15) is 38.3 Å². The Kier molecular flexibility index (Phi) is 5.60. The van der Waals surface area contributed by atoms with Gasteiger partial charge in [-0.05, 0) is 53.2 Å². The molecule has 1 atom stereocenters. The molecule has 30 heavy (non-hydrogen) atoms. The van der Waals surface area contributed by atoms with Gasteiger partial charge in [-0.1, -0.05) is 19.4 Å². The summed E-state index contributed by atoms with van der Waals surface area (Å²) in [4.78, 5) is 10.1. The number of ether oxygens (including phenoxy) is 1. The molecule has 2 rings (SSSR count). The number of rotatable bonds is 6. The van der Waals surface area contributed by atoms with E-state index in [-0.39, 0.29) is 22.4 Å². The van der Waals surface area contributed by atoms with Crippen molar-refractivity contribution < 1.29 is 37.7 Å². The molecule has 0 saturated carbocycles. The van der Waals surface area contributed by atoms with Crippen molar-refractivity contribution in [3.05, 3.63) is 58.1 Å². The normalized spacial score (nSPS) is 15.9. The third-order valence-corrected chi connectivity index (χ3v) is 5.47. The van der Waals surface area contributed by atoms with Crippen LogP contribution in [0.3, 0.4) is 0 Å². The summed E-state index contributed by atoms with van der Waals surface area (Å²) < 4.78 is 95.4. The molecule has 0 heterocycles. The first-order valence-electron chi connectivity index (χ1n) is 7.79. The van der Waals surface area contributed by atoms with Crippen LogP contribution < -0.4 is 10.1 Å². The molecule has 1 N–H and O–H groups in total. The van der Waals surface area contributed by atoms with E-state index >= 15 is 0 Å². The Hall–Kier alpha value is -2.46. The molecule has 0 aliphatic heterocycles. The second-order valence-corrected chi connectivity index (χ2v) is 9.64. The second kappa shape index (κ2) is 7.05. The SMILES string of the molecule is CC(C#N)(COc1cc(F)c(F)cc1Br)NC(=O)c1ccc(S(F)(F)(F)(F)F)cc1. The zero-order valence-electron chi connectivity index (χ0n) is 14.9. The Labute approximate surface area is 174 Å². The third kappa shape index (κ3) is 5.79. The molecule has 164 valence electrons. The van der Waals surface area contributed by atoms with Gasteiger partial charge in [0.15, 0.2) is 17.2 Å². The van der Waals surface area contributed by atoms with Crippen LogP contribution in [0.15, 0.2) is 45.8 Å². The van der Waals surface area contributed by atoms with Crippen molar-refractivity contribution in [1.29, 1.82) is 5.26 Å². The maximum absolute atomic E-state index is 13.3. The highest BCUT2D eigenvalue weighted by atomic mass is 79.9. The van der Waals surface area contributed by atoms with Crippen molar-refractivity contribution >= 4 is 32.1 Å². The maximum Gasteiger partial charge on any atom is 0.310 e. The van der Waals surface area contributed by atoms with Crippen molar-refractivity contribution in [1.82, 2.24) is 5.32 Å². The molecule has 0 aliphatic rings. The van der Waals surface area contributed by atoms with E-state index in [0.29, 0.717) is 18.2 Å². The van der Waals surface area contributed by atoms with Crippen LogP contribution in [0.5, 0.6) is 5.75 Å². The molecule has 0 spiro atoms. The number of nitriles is 1. The number of hydrogen-bond donors (Lipinski definition) is 1. The minimum Gasteiger partial charge on any atom is -0.489 e. The molecule has 0 radical (unpaired) electrons. The van der Waals surface area contributed by atoms with E-state index in [1.165, 1.54) is 6.92 Å². The molecule has 2 aromatic rings. The Morgan fingerprint density at radius 1 is 1.13 bits per heavy atom. The van der Waals surface area contributed by atoms with Gasteiger partial charge in [-0.25, -0.2) is 8.78 Å². The summed E-state index contributed by atoms with van der Waals surface area (Å²) in [6.45, 7) is 0.643. The molecular weight excluding hydrogens is 509 g/mol. The van der Waals surface area contributed by atoms with Crippen LogP contribution >= 0.6 is 26.2 Å².